The van der Waals surface area contributed by atoms with Gasteiger partial charge in [-0.2, -0.15) is 0 Å². The molecule has 0 aliphatic carbocycles. The molecule has 0 unspecified atom stereocenters. The van der Waals surface area contributed by atoms with E-state index >= 15 is 0 Å². The first-order valence-electron chi connectivity index (χ1n) is 3.47. The van der Waals surface area contributed by atoms with Gasteiger partial charge in [0.2, 0.25) is 11.2 Å². The van der Waals surface area contributed by atoms with Crippen LogP contribution in [0.3, 0.4) is 0 Å². The lowest BCUT2D eigenvalue weighted by molar-refractivity contribution is 0.400. The average Bonchev–Trinajstić information content (AvgIpc) is 2.01. The third kappa shape index (κ3) is 1.27. The third-order valence-electron chi connectivity index (χ3n) is 1.54. The molecule has 0 saturated carbocycles. The van der Waals surface area contributed by atoms with Crippen LogP contribution in [0.25, 0.3) is 0 Å². The highest BCUT2D eigenvalue weighted by atomic mass is 16.4. The first-order valence-corrected chi connectivity index (χ1v) is 3.47. The molecule has 0 saturated heterocycles. The van der Waals surface area contributed by atoms with Gasteiger partial charge < -0.3 is 9.52 Å². The van der Waals surface area contributed by atoms with Gasteiger partial charge >= 0.3 is 0 Å². The van der Waals surface area contributed by atoms with Crippen LogP contribution >= 0.6 is 0 Å². The molecule has 0 fully saturated rings. The first kappa shape index (κ1) is 7.85. The minimum Gasteiger partial charge on any atom is -0.502 e. The number of hydrogen-bond acceptors (Lipinski definition) is 3. The molecule has 1 aromatic rings. The van der Waals surface area contributed by atoms with E-state index in [9.17, 15) is 9.90 Å². The van der Waals surface area contributed by atoms with Crippen molar-refractivity contribution in [1.29, 1.82) is 0 Å². The van der Waals surface area contributed by atoms with Crippen LogP contribution in [0.1, 0.15) is 18.2 Å². The van der Waals surface area contributed by atoms with Gasteiger partial charge in [-0.25, -0.2) is 0 Å². The van der Waals surface area contributed by atoms with E-state index in [0.717, 1.165) is 0 Å². The summed E-state index contributed by atoms with van der Waals surface area (Å²) in [5.41, 5.74) is 0.0906. The van der Waals surface area contributed by atoms with Crippen molar-refractivity contribution in [3.8, 4) is 5.75 Å². The molecule has 0 spiro atoms. The Morgan fingerprint density at radius 2 is 2.27 bits per heavy atom. The van der Waals surface area contributed by atoms with Gasteiger partial charge in [-0.15, -0.1) is 0 Å². The van der Waals surface area contributed by atoms with Crippen molar-refractivity contribution in [3.63, 3.8) is 0 Å². The molecular formula is C8H10O3. The maximum Gasteiger partial charge on any atom is 0.229 e. The Bertz CT molecular complexity index is 312. The Morgan fingerprint density at radius 3 is 2.82 bits per heavy atom. The van der Waals surface area contributed by atoms with Crippen molar-refractivity contribution in [2.24, 2.45) is 0 Å². The zero-order valence-electron chi connectivity index (χ0n) is 6.55. The molecule has 0 amide bonds. The van der Waals surface area contributed by atoms with Gasteiger partial charge in [0.05, 0.1) is 6.26 Å². The fourth-order valence-electron chi connectivity index (χ4n) is 0.833. The largest absolute Gasteiger partial charge is 0.502 e. The van der Waals surface area contributed by atoms with E-state index in [4.69, 9.17) is 4.42 Å². The summed E-state index contributed by atoms with van der Waals surface area (Å²) in [7, 11) is 0. The molecule has 1 aromatic heterocycles. The van der Waals surface area contributed by atoms with E-state index in [1.165, 1.54) is 6.26 Å². The number of aromatic hydroxyl groups is 1. The van der Waals surface area contributed by atoms with E-state index in [0.29, 0.717) is 17.7 Å². The van der Waals surface area contributed by atoms with E-state index in [2.05, 4.69) is 0 Å². The summed E-state index contributed by atoms with van der Waals surface area (Å²) in [6.07, 6.45) is 1.89. The predicted molar refractivity (Wildman–Crippen MR) is 40.8 cm³/mol. The minimum atomic E-state index is -0.340. The molecular weight excluding hydrogens is 144 g/mol. The highest BCUT2D eigenvalue weighted by Crippen LogP contribution is 2.12. The average molecular weight is 154 g/mol. The zero-order chi connectivity index (χ0) is 8.43. The predicted octanol–water partition coefficient (Wildman–Crippen LogP) is 1.22. The Balaban J connectivity index is 3.37. The van der Waals surface area contributed by atoms with Crippen molar-refractivity contribution in [2.45, 2.75) is 20.3 Å². The Hall–Kier alpha value is -1.25. The summed E-state index contributed by atoms with van der Waals surface area (Å²) in [6.45, 7) is 3.42. The fraction of sp³-hybridized carbons (Fsp3) is 0.375. The standard InChI is InChI=1S/C8H10O3/c1-3-6-8(10)7(9)5(2)4-11-6/h4,10H,3H2,1-2H3. The maximum absolute atomic E-state index is 11.0. The molecule has 3 heteroatoms. The Kier molecular flexibility index (Phi) is 1.98. The highest BCUT2D eigenvalue weighted by Gasteiger charge is 2.07. The van der Waals surface area contributed by atoms with Crippen molar-refractivity contribution in [2.75, 3.05) is 0 Å². The molecule has 0 radical (unpaired) electrons. The van der Waals surface area contributed by atoms with E-state index in [-0.39, 0.29) is 11.2 Å². The SMILES string of the molecule is CCc1occ(C)c(=O)c1O. The van der Waals surface area contributed by atoms with E-state index in [1.807, 2.05) is 6.92 Å². The lowest BCUT2D eigenvalue weighted by Crippen LogP contribution is -2.05. The summed E-state index contributed by atoms with van der Waals surface area (Å²) in [6, 6.07) is 0. The molecule has 1 heterocycles. The van der Waals surface area contributed by atoms with Crippen LogP contribution < -0.4 is 5.43 Å². The third-order valence-corrected chi connectivity index (χ3v) is 1.54. The van der Waals surface area contributed by atoms with Crippen molar-refractivity contribution in [1.82, 2.24) is 0 Å². The van der Waals surface area contributed by atoms with Gasteiger partial charge in [0.15, 0.2) is 0 Å². The lowest BCUT2D eigenvalue weighted by Gasteiger charge is -1.98. The molecule has 0 aliphatic rings. The molecule has 0 aromatic carbocycles. The van der Waals surface area contributed by atoms with Crippen molar-refractivity contribution < 1.29 is 9.52 Å². The van der Waals surface area contributed by atoms with Crippen LogP contribution in [-0.2, 0) is 6.42 Å². The van der Waals surface area contributed by atoms with Crippen molar-refractivity contribution in [3.05, 3.63) is 27.8 Å². The van der Waals surface area contributed by atoms with Gasteiger partial charge in [-0.1, -0.05) is 6.92 Å². The van der Waals surface area contributed by atoms with Gasteiger partial charge in [-0.3, -0.25) is 4.79 Å². The van der Waals surface area contributed by atoms with Crippen LogP contribution in [0.4, 0.5) is 0 Å². The molecule has 0 aliphatic heterocycles. The molecule has 1 N–H and O–H groups in total. The molecule has 3 nitrogen and oxygen atoms in total. The Labute approximate surface area is 64.3 Å². The van der Waals surface area contributed by atoms with Gasteiger partial charge in [0, 0.05) is 12.0 Å². The Morgan fingerprint density at radius 1 is 1.64 bits per heavy atom. The number of hydrogen-bond donors (Lipinski definition) is 1. The van der Waals surface area contributed by atoms with Crippen molar-refractivity contribution >= 4 is 0 Å². The van der Waals surface area contributed by atoms with Crippen LogP contribution in [0.5, 0.6) is 5.75 Å². The van der Waals surface area contributed by atoms with Crippen LogP contribution in [0.2, 0.25) is 0 Å². The lowest BCUT2D eigenvalue weighted by atomic mass is 10.2. The second-order valence-electron chi connectivity index (χ2n) is 2.37. The summed E-state index contributed by atoms with van der Waals surface area (Å²) in [5.74, 6) is 0.0908. The summed E-state index contributed by atoms with van der Waals surface area (Å²) >= 11 is 0. The topological polar surface area (TPSA) is 50.4 Å². The smallest absolute Gasteiger partial charge is 0.229 e. The summed E-state index contributed by atoms with van der Waals surface area (Å²) < 4.78 is 4.97. The molecule has 0 atom stereocenters. The van der Waals surface area contributed by atoms with E-state index in [1.54, 1.807) is 6.92 Å². The van der Waals surface area contributed by atoms with Gasteiger partial charge in [-0.05, 0) is 6.92 Å². The fourth-order valence-corrected chi connectivity index (χ4v) is 0.833. The highest BCUT2D eigenvalue weighted by molar-refractivity contribution is 5.26. The number of rotatable bonds is 1. The molecule has 11 heavy (non-hydrogen) atoms. The minimum absolute atomic E-state index is 0.257. The monoisotopic (exact) mass is 154 g/mol. The summed E-state index contributed by atoms with van der Waals surface area (Å²) in [5, 5.41) is 9.17. The van der Waals surface area contributed by atoms with E-state index < -0.39 is 0 Å². The number of aryl methyl sites for hydroxylation is 2. The first-order chi connectivity index (χ1) is 5.16. The molecule has 0 bridgehead atoms. The van der Waals surface area contributed by atoms with Crippen LogP contribution in [0, 0.1) is 6.92 Å². The zero-order valence-corrected chi connectivity index (χ0v) is 6.55. The normalized spacial score (nSPS) is 10.0. The van der Waals surface area contributed by atoms with Gasteiger partial charge in [0.25, 0.3) is 0 Å². The van der Waals surface area contributed by atoms with Crippen LogP contribution in [0.15, 0.2) is 15.5 Å². The van der Waals surface area contributed by atoms with Gasteiger partial charge in [0.1, 0.15) is 5.76 Å². The second kappa shape index (κ2) is 2.78. The van der Waals surface area contributed by atoms with Crippen LogP contribution in [-0.4, -0.2) is 5.11 Å². The maximum atomic E-state index is 11.0. The second-order valence-corrected chi connectivity index (χ2v) is 2.37. The molecule has 1 rings (SSSR count). The molecule has 60 valence electrons. The summed E-state index contributed by atoms with van der Waals surface area (Å²) in [4.78, 5) is 11.0. The quantitative estimate of drug-likeness (QED) is 0.661.